The van der Waals surface area contributed by atoms with Crippen LogP contribution in [-0.2, 0) is 19.4 Å². The number of aryl methyl sites for hydroxylation is 3. The van der Waals surface area contributed by atoms with Crippen LogP contribution in [0.25, 0.3) is 0 Å². The number of rotatable bonds is 10. The average Bonchev–Trinajstić information content (AvgIpc) is 3.44. The highest BCUT2D eigenvalue weighted by atomic mass is 16.5. The lowest BCUT2D eigenvalue weighted by molar-refractivity contribution is 0.350. The molecule has 0 aliphatic heterocycles. The Morgan fingerprint density at radius 3 is 2.72 bits per heavy atom. The fourth-order valence-electron chi connectivity index (χ4n) is 2.90. The van der Waals surface area contributed by atoms with E-state index in [9.17, 15) is 0 Å². The van der Waals surface area contributed by atoms with Crippen LogP contribution in [0.1, 0.15) is 22.8 Å². The minimum absolute atomic E-state index is 0.276. The second-order valence-electron chi connectivity index (χ2n) is 6.85. The Balaban J connectivity index is 1.34. The SMILES string of the molecule is COc1cc(CCc2cc(Nc3ccnc(NCc4cc(C)no4)n3)n[nH]2)nc(OC)n1. The van der Waals surface area contributed by atoms with Crippen LogP contribution in [-0.4, -0.2) is 49.5 Å². The van der Waals surface area contributed by atoms with E-state index in [0.29, 0.717) is 48.6 Å². The lowest BCUT2D eigenvalue weighted by Crippen LogP contribution is -2.04. The van der Waals surface area contributed by atoms with Gasteiger partial charge in [-0.2, -0.15) is 15.1 Å². The number of nitrogens with zero attached hydrogens (tertiary/aromatic N) is 6. The number of H-pyrrole nitrogens is 1. The normalized spacial score (nSPS) is 10.7. The third-order valence-corrected chi connectivity index (χ3v) is 4.42. The van der Waals surface area contributed by atoms with E-state index in [2.05, 4.69) is 45.9 Å². The van der Waals surface area contributed by atoms with E-state index in [-0.39, 0.29) is 6.01 Å². The van der Waals surface area contributed by atoms with Crippen LogP contribution in [0.3, 0.4) is 0 Å². The zero-order valence-electron chi connectivity index (χ0n) is 17.9. The van der Waals surface area contributed by atoms with Gasteiger partial charge in [0.25, 0.3) is 0 Å². The third-order valence-electron chi connectivity index (χ3n) is 4.42. The van der Waals surface area contributed by atoms with Gasteiger partial charge in [0.15, 0.2) is 11.6 Å². The van der Waals surface area contributed by atoms with Gasteiger partial charge in [-0.15, -0.1) is 0 Å². The molecule has 0 atom stereocenters. The molecule has 0 saturated heterocycles. The summed E-state index contributed by atoms with van der Waals surface area (Å²) in [5, 5.41) is 17.4. The first-order chi connectivity index (χ1) is 15.6. The number of hydrogen-bond donors (Lipinski definition) is 3. The molecule has 0 aliphatic carbocycles. The maximum atomic E-state index is 5.19. The maximum absolute atomic E-state index is 5.19. The van der Waals surface area contributed by atoms with Crippen LogP contribution >= 0.6 is 0 Å². The van der Waals surface area contributed by atoms with Crippen molar-refractivity contribution in [3.05, 3.63) is 53.3 Å². The first-order valence-corrected chi connectivity index (χ1v) is 9.87. The summed E-state index contributed by atoms with van der Waals surface area (Å²) in [6.07, 6.45) is 3.03. The smallest absolute Gasteiger partial charge is 0.319 e. The van der Waals surface area contributed by atoms with Gasteiger partial charge in [0, 0.05) is 30.1 Å². The Bertz CT molecular complexity index is 1150. The van der Waals surface area contributed by atoms with E-state index in [4.69, 9.17) is 14.0 Å². The van der Waals surface area contributed by atoms with Crippen molar-refractivity contribution in [2.75, 3.05) is 24.9 Å². The largest absolute Gasteiger partial charge is 0.481 e. The number of anilines is 3. The summed E-state index contributed by atoms with van der Waals surface area (Å²) < 4.78 is 15.5. The van der Waals surface area contributed by atoms with Crippen molar-refractivity contribution in [1.29, 1.82) is 0 Å². The second kappa shape index (κ2) is 9.73. The summed E-state index contributed by atoms with van der Waals surface area (Å²) in [5.74, 6) is 2.89. The predicted molar refractivity (Wildman–Crippen MR) is 115 cm³/mol. The molecule has 4 aromatic heterocycles. The molecule has 12 nitrogen and oxygen atoms in total. The zero-order chi connectivity index (χ0) is 22.3. The number of aromatic amines is 1. The zero-order valence-corrected chi connectivity index (χ0v) is 17.9. The van der Waals surface area contributed by atoms with Gasteiger partial charge in [-0.3, -0.25) is 5.10 Å². The molecule has 0 radical (unpaired) electrons. The van der Waals surface area contributed by atoms with Crippen LogP contribution < -0.4 is 20.1 Å². The third kappa shape index (κ3) is 5.47. The highest BCUT2D eigenvalue weighted by molar-refractivity contribution is 5.53. The molecule has 0 aromatic carbocycles. The van der Waals surface area contributed by atoms with Crippen LogP contribution in [0, 0.1) is 6.92 Å². The summed E-state index contributed by atoms with van der Waals surface area (Å²) in [6, 6.07) is 7.60. The van der Waals surface area contributed by atoms with Crippen LogP contribution in [0.15, 0.2) is 35.0 Å². The van der Waals surface area contributed by atoms with Gasteiger partial charge in [-0.1, -0.05) is 5.16 Å². The van der Waals surface area contributed by atoms with Gasteiger partial charge in [-0.05, 0) is 25.8 Å². The van der Waals surface area contributed by atoms with Crippen molar-refractivity contribution in [2.45, 2.75) is 26.3 Å². The minimum atomic E-state index is 0.276. The molecule has 0 fully saturated rings. The number of aromatic nitrogens is 7. The molecule has 0 unspecified atom stereocenters. The lowest BCUT2D eigenvalue weighted by atomic mass is 10.2. The molecule has 166 valence electrons. The van der Waals surface area contributed by atoms with Gasteiger partial charge in [0.2, 0.25) is 11.8 Å². The summed E-state index contributed by atoms with van der Waals surface area (Å²) in [5.41, 5.74) is 2.58. The van der Waals surface area contributed by atoms with Gasteiger partial charge in [0.1, 0.15) is 5.82 Å². The summed E-state index contributed by atoms with van der Waals surface area (Å²) in [4.78, 5) is 17.1. The molecular weight excluding hydrogens is 414 g/mol. The molecule has 0 spiro atoms. The van der Waals surface area contributed by atoms with Gasteiger partial charge >= 0.3 is 6.01 Å². The molecule has 0 bridgehead atoms. The lowest BCUT2D eigenvalue weighted by Gasteiger charge is -2.05. The Kier molecular flexibility index (Phi) is 6.39. The maximum Gasteiger partial charge on any atom is 0.319 e. The van der Waals surface area contributed by atoms with Crippen LogP contribution in [0.5, 0.6) is 11.9 Å². The van der Waals surface area contributed by atoms with Crippen molar-refractivity contribution in [3.8, 4) is 11.9 Å². The second-order valence-corrected chi connectivity index (χ2v) is 6.85. The molecule has 0 amide bonds. The molecule has 32 heavy (non-hydrogen) atoms. The summed E-state index contributed by atoms with van der Waals surface area (Å²) in [6.45, 7) is 2.31. The Morgan fingerprint density at radius 1 is 1.03 bits per heavy atom. The van der Waals surface area contributed by atoms with E-state index < -0.39 is 0 Å². The topological polar surface area (TPSA) is 149 Å². The van der Waals surface area contributed by atoms with Crippen molar-refractivity contribution in [3.63, 3.8) is 0 Å². The van der Waals surface area contributed by atoms with Gasteiger partial charge in [-0.25, -0.2) is 9.97 Å². The van der Waals surface area contributed by atoms with Gasteiger partial charge in [0.05, 0.1) is 32.2 Å². The van der Waals surface area contributed by atoms with Gasteiger partial charge < -0.3 is 24.6 Å². The molecule has 3 N–H and O–H groups in total. The first kappa shape index (κ1) is 21.0. The summed E-state index contributed by atoms with van der Waals surface area (Å²) >= 11 is 0. The first-order valence-electron chi connectivity index (χ1n) is 9.87. The quantitative estimate of drug-likeness (QED) is 0.336. The Morgan fingerprint density at radius 2 is 1.94 bits per heavy atom. The standard InChI is InChI=1S/C20H23N9O3/c1-12-8-15(32-29-12)11-22-19-21-7-6-16(25-19)24-17-9-14(27-28-17)5-4-13-10-18(30-2)26-20(23-13)31-3/h6-10H,4-5,11H2,1-3H3,(H3,21,22,24,25,27,28). The van der Waals surface area contributed by atoms with Crippen molar-refractivity contribution >= 4 is 17.6 Å². The number of ether oxygens (including phenoxy) is 2. The average molecular weight is 437 g/mol. The highest BCUT2D eigenvalue weighted by Crippen LogP contribution is 2.17. The molecule has 4 aromatic rings. The fraction of sp³-hybridized carbons (Fsp3) is 0.300. The van der Waals surface area contributed by atoms with E-state index in [1.54, 1.807) is 25.4 Å². The van der Waals surface area contributed by atoms with Crippen LogP contribution in [0.4, 0.5) is 17.6 Å². The van der Waals surface area contributed by atoms with Crippen molar-refractivity contribution in [2.24, 2.45) is 0 Å². The molecular formula is C20H23N9O3. The van der Waals surface area contributed by atoms with E-state index in [1.807, 2.05) is 19.1 Å². The van der Waals surface area contributed by atoms with E-state index >= 15 is 0 Å². The molecule has 4 rings (SSSR count). The molecule has 12 heteroatoms. The summed E-state index contributed by atoms with van der Waals surface area (Å²) in [7, 11) is 3.08. The number of nitrogens with one attached hydrogen (secondary N) is 3. The predicted octanol–water partition coefficient (Wildman–Crippen LogP) is 2.44. The molecule has 0 saturated carbocycles. The highest BCUT2D eigenvalue weighted by Gasteiger charge is 2.09. The number of methoxy groups -OCH3 is 2. The monoisotopic (exact) mass is 437 g/mol. The number of hydrogen-bond acceptors (Lipinski definition) is 11. The van der Waals surface area contributed by atoms with E-state index in [1.165, 1.54) is 7.11 Å². The minimum Gasteiger partial charge on any atom is -0.481 e. The molecule has 4 heterocycles. The Hall–Kier alpha value is -4.22. The Labute approximate surface area is 183 Å². The van der Waals surface area contributed by atoms with Crippen molar-refractivity contribution in [1.82, 2.24) is 35.3 Å². The van der Waals surface area contributed by atoms with E-state index in [0.717, 1.165) is 17.1 Å². The van der Waals surface area contributed by atoms with Crippen LogP contribution in [0.2, 0.25) is 0 Å². The molecule has 0 aliphatic rings. The van der Waals surface area contributed by atoms with Crippen molar-refractivity contribution < 1.29 is 14.0 Å². The fourth-order valence-corrected chi connectivity index (χ4v) is 2.90.